The van der Waals surface area contributed by atoms with Crippen molar-refractivity contribution in [1.29, 1.82) is 0 Å². The molecule has 1 amide bonds. The van der Waals surface area contributed by atoms with E-state index in [1.807, 2.05) is 54.8 Å². The first-order valence-corrected chi connectivity index (χ1v) is 9.48. The van der Waals surface area contributed by atoms with Crippen molar-refractivity contribution in [3.63, 3.8) is 0 Å². The molecule has 0 saturated carbocycles. The van der Waals surface area contributed by atoms with Crippen molar-refractivity contribution in [3.8, 4) is 16.9 Å². The van der Waals surface area contributed by atoms with Gasteiger partial charge in [-0.15, -0.1) is 16.2 Å². The first-order valence-electron chi connectivity index (χ1n) is 8.60. The fourth-order valence-electron chi connectivity index (χ4n) is 2.95. The molecule has 2 heterocycles. The second kappa shape index (κ2) is 7.58. The van der Waals surface area contributed by atoms with Gasteiger partial charge in [0.05, 0.1) is 22.0 Å². The van der Waals surface area contributed by atoms with Crippen LogP contribution in [-0.4, -0.2) is 15.7 Å². The summed E-state index contributed by atoms with van der Waals surface area (Å²) >= 11 is 1.35. The first kappa shape index (κ1) is 17.8. The molecule has 0 saturated heterocycles. The summed E-state index contributed by atoms with van der Waals surface area (Å²) in [7, 11) is 0. The number of amides is 1. The van der Waals surface area contributed by atoms with Gasteiger partial charge in [-0.05, 0) is 47.8 Å². The van der Waals surface area contributed by atoms with Crippen molar-refractivity contribution < 1.29 is 4.79 Å². The quantitative estimate of drug-likeness (QED) is 0.455. The maximum absolute atomic E-state index is 12.2. The zero-order valence-corrected chi connectivity index (χ0v) is 15.8. The van der Waals surface area contributed by atoms with Crippen molar-refractivity contribution in [3.05, 3.63) is 87.6 Å². The molecule has 0 fully saturated rings. The Kier molecular flexibility index (Phi) is 4.82. The molecule has 2 aromatic heterocycles. The van der Waals surface area contributed by atoms with Gasteiger partial charge in [0.25, 0.3) is 5.91 Å². The Morgan fingerprint density at radius 1 is 1.07 bits per heavy atom. The lowest BCUT2D eigenvalue weighted by atomic mass is 10.1. The van der Waals surface area contributed by atoms with Crippen molar-refractivity contribution in [2.45, 2.75) is 6.92 Å². The summed E-state index contributed by atoms with van der Waals surface area (Å²) in [4.78, 5) is 24.4. The van der Waals surface area contributed by atoms with Gasteiger partial charge in [-0.25, -0.2) is 4.68 Å². The molecule has 2 aromatic carbocycles. The van der Waals surface area contributed by atoms with E-state index in [-0.39, 0.29) is 11.6 Å². The van der Waals surface area contributed by atoms with E-state index in [1.54, 1.807) is 28.9 Å². The highest BCUT2D eigenvalue weighted by Gasteiger charge is 2.15. The van der Waals surface area contributed by atoms with Gasteiger partial charge in [-0.3, -0.25) is 4.79 Å². The van der Waals surface area contributed by atoms with Gasteiger partial charge in [-0.1, -0.05) is 36.4 Å². The molecule has 28 heavy (non-hydrogen) atoms. The van der Waals surface area contributed by atoms with E-state index < -0.39 is 0 Å². The lowest BCUT2D eigenvalue weighted by Crippen LogP contribution is -2.10. The van der Waals surface area contributed by atoms with E-state index in [2.05, 4.69) is 15.6 Å². The molecule has 7 heteroatoms. The normalized spacial score (nSPS) is 10.6. The van der Waals surface area contributed by atoms with E-state index in [4.69, 9.17) is 0 Å². The molecule has 0 aliphatic rings. The van der Waals surface area contributed by atoms with Crippen LogP contribution in [0.5, 0.6) is 0 Å². The number of aromatic nitrogens is 2. The van der Waals surface area contributed by atoms with Crippen molar-refractivity contribution in [2.24, 2.45) is 5.18 Å². The fourth-order valence-corrected chi connectivity index (χ4v) is 3.57. The molecule has 0 unspecified atom stereocenters. The fraction of sp³-hybridized carbons (Fsp3) is 0.0476. The van der Waals surface area contributed by atoms with Crippen LogP contribution >= 0.6 is 11.3 Å². The number of carbonyl (C=O) groups excluding carboxylic acids is 1. The molecule has 0 radical (unpaired) electrons. The smallest absolute Gasteiger partial charge is 0.265 e. The van der Waals surface area contributed by atoms with Gasteiger partial charge < -0.3 is 5.32 Å². The predicted octanol–water partition coefficient (Wildman–Crippen LogP) is 5.56. The number of thiophene rings is 1. The maximum Gasteiger partial charge on any atom is 0.265 e. The molecule has 0 bridgehead atoms. The lowest BCUT2D eigenvalue weighted by Gasteiger charge is -2.11. The van der Waals surface area contributed by atoms with E-state index in [9.17, 15) is 9.70 Å². The van der Waals surface area contributed by atoms with E-state index in [0.29, 0.717) is 16.3 Å². The molecule has 0 aliphatic heterocycles. The summed E-state index contributed by atoms with van der Waals surface area (Å²) in [6.45, 7) is 1.90. The third-order valence-corrected chi connectivity index (χ3v) is 5.07. The number of anilines is 1. The number of nitrogens with one attached hydrogen (secondary N) is 1. The topological polar surface area (TPSA) is 76.3 Å². The van der Waals surface area contributed by atoms with Crippen LogP contribution in [0.15, 0.2) is 77.3 Å². The molecule has 4 rings (SSSR count). The highest BCUT2D eigenvalue weighted by atomic mass is 32.1. The Balaban J connectivity index is 1.72. The summed E-state index contributed by atoms with van der Waals surface area (Å²) in [6, 6.07) is 20.3. The van der Waals surface area contributed by atoms with Crippen LogP contribution in [0.3, 0.4) is 0 Å². The first-order chi connectivity index (χ1) is 13.7. The van der Waals surface area contributed by atoms with Crippen LogP contribution in [0.4, 0.5) is 11.4 Å². The van der Waals surface area contributed by atoms with Gasteiger partial charge in [0, 0.05) is 11.3 Å². The summed E-state index contributed by atoms with van der Waals surface area (Å²) in [6.07, 6.45) is 0. The van der Waals surface area contributed by atoms with Crippen LogP contribution in [0, 0.1) is 11.8 Å². The molecular weight excluding hydrogens is 372 g/mol. The van der Waals surface area contributed by atoms with Crippen molar-refractivity contribution in [2.75, 3.05) is 5.32 Å². The highest BCUT2D eigenvalue weighted by Crippen LogP contribution is 2.31. The number of rotatable bonds is 5. The minimum absolute atomic E-state index is 0.198. The summed E-state index contributed by atoms with van der Waals surface area (Å²) in [5, 5.41) is 12.3. The van der Waals surface area contributed by atoms with Gasteiger partial charge >= 0.3 is 0 Å². The average Bonchev–Trinajstić information content (AvgIpc) is 3.38. The lowest BCUT2D eigenvalue weighted by molar-refractivity contribution is 0.103. The van der Waals surface area contributed by atoms with Gasteiger partial charge in [0.15, 0.2) is 0 Å². The standard InChI is InChI=1S/C21H16N4O2S/c1-14-12-19(15-6-3-2-4-7-15)25(23-14)18-10-9-16(13-17(18)24-27)22-21(26)20-8-5-11-28-20/h2-13H,1H3,(H,22,26). The van der Waals surface area contributed by atoms with Crippen LogP contribution < -0.4 is 5.32 Å². The summed E-state index contributed by atoms with van der Waals surface area (Å²) in [5.74, 6) is -0.223. The Labute approximate surface area is 165 Å². The van der Waals surface area contributed by atoms with Crippen LogP contribution in [0.2, 0.25) is 0 Å². The molecule has 138 valence electrons. The Morgan fingerprint density at radius 2 is 1.89 bits per heavy atom. The molecule has 1 N–H and O–H groups in total. The Morgan fingerprint density at radius 3 is 2.61 bits per heavy atom. The molecule has 0 aliphatic carbocycles. The highest BCUT2D eigenvalue weighted by molar-refractivity contribution is 7.12. The van der Waals surface area contributed by atoms with Crippen molar-refractivity contribution >= 4 is 28.6 Å². The molecular formula is C21H16N4O2S. The summed E-state index contributed by atoms with van der Waals surface area (Å²) < 4.78 is 1.70. The second-order valence-electron chi connectivity index (χ2n) is 6.17. The monoisotopic (exact) mass is 388 g/mol. The van der Waals surface area contributed by atoms with Crippen LogP contribution in [0.25, 0.3) is 16.9 Å². The van der Waals surface area contributed by atoms with Gasteiger partial charge in [0.2, 0.25) is 0 Å². The largest absolute Gasteiger partial charge is 0.321 e. The molecule has 6 nitrogen and oxygen atoms in total. The minimum Gasteiger partial charge on any atom is -0.321 e. The third-order valence-electron chi connectivity index (χ3n) is 4.21. The molecule has 0 spiro atoms. The Bertz CT molecular complexity index is 1130. The van der Waals surface area contributed by atoms with Crippen molar-refractivity contribution in [1.82, 2.24) is 9.78 Å². The number of hydrogen-bond donors (Lipinski definition) is 1. The molecule has 4 aromatic rings. The van der Waals surface area contributed by atoms with E-state index >= 15 is 0 Å². The molecule has 0 atom stereocenters. The third kappa shape index (κ3) is 3.47. The second-order valence-corrected chi connectivity index (χ2v) is 7.12. The van der Waals surface area contributed by atoms with Crippen LogP contribution in [-0.2, 0) is 0 Å². The SMILES string of the molecule is Cc1cc(-c2ccccc2)n(-c2ccc(NC(=O)c3cccs3)cc2N=O)n1. The zero-order valence-electron chi connectivity index (χ0n) is 15.0. The van der Waals surface area contributed by atoms with Gasteiger partial charge in [0.1, 0.15) is 5.69 Å². The van der Waals surface area contributed by atoms with Gasteiger partial charge in [-0.2, -0.15) is 5.10 Å². The zero-order chi connectivity index (χ0) is 19.5. The van der Waals surface area contributed by atoms with E-state index in [0.717, 1.165) is 17.0 Å². The number of hydrogen-bond acceptors (Lipinski definition) is 5. The number of nitroso groups, excluding NO2 is 1. The number of benzene rings is 2. The maximum atomic E-state index is 12.2. The number of aryl methyl sites for hydroxylation is 1. The number of carbonyl (C=O) groups is 1. The van der Waals surface area contributed by atoms with Crippen LogP contribution in [0.1, 0.15) is 15.4 Å². The predicted molar refractivity (Wildman–Crippen MR) is 111 cm³/mol. The Hall–Kier alpha value is -3.58. The average molecular weight is 388 g/mol. The summed E-state index contributed by atoms with van der Waals surface area (Å²) in [5.41, 5.74) is 3.92. The minimum atomic E-state index is -0.223. The number of nitrogens with zero attached hydrogens (tertiary/aromatic N) is 3. The van der Waals surface area contributed by atoms with E-state index in [1.165, 1.54) is 11.3 Å².